The van der Waals surface area contributed by atoms with Gasteiger partial charge in [0.05, 0.1) is 32.9 Å². The van der Waals surface area contributed by atoms with Gasteiger partial charge < -0.3 is 19.1 Å². The quantitative estimate of drug-likeness (QED) is 0.793. The molecule has 0 spiro atoms. The van der Waals surface area contributed by atoms with Crippen molar-refractivity contribution in [3.8, 4) is 11.5 Å². The molecule has 0 saturated carbocycles. The zero-order valence-corrected chi connectivity index (χ0v) is 12.8. The van der Waals surface area contributed by atoms with Crippen LogP contribution in [0.3, 0.4) is 0 Å². The first-order valence-corrected chi connectivity index (χ1v) is 7.47. The van der Waals surface area contributed by atoms with Crippen LogP contribution in [-0.2, 0) is 4.74 Å². The maximum Gasteiger partial charge on any atom is 0.338 e. The largest absolute Gasteiger partial charge is 0.493 e. The third-order valence-electron chi connectivity index (χ3n) is 3.87. The van der Waals surface area contributed by atoms with Gasteiger partial charge in [0.15, 0.2) is 11.5 Å². The number of carbonyl (C=O) groups is 1. The van der Waals surface area contributed by atoms with E-state index in [9.17, 15) is 4.79 Å². The van der Waals surface area contributed by atoms with Gasteiger partial charge in [0.25, 0.3) is 0 Å². The first kappa shape index (κ1) is 15.6. The summed E-state index contributed by atoms with van der Waals surface area (Å²) in [6.45, 7) is 3.73. The highest BCUT2D eigenvalue weighted by molar-refractivity contribution is 5.90. The van der Waals surface area contributed by atoms with E-state index in [4.69, 9.17) is 14.2 Å². The van der Waals surface area contributed by atoms with Crippen molar-refractivity contribution in [3.05, 3.63) is 23.8 Å². The molecule has 1 aromatic carbocycles. The predicted octanol–water partition coefficient (Wildman–Crippen LogP) is 0.929. The van der Waals surface area contributed by atoms with Crippen LogP contribution in [0.15, 0.2) is 18.2 Å². The van der Waals surface area contributed by atoms with E-state index in [1.807, 2.05) is 0 Å². The van der Waals surface area contributed by atoms with Crippen molar-refractivity contribution in [2.75, 3.05) is 40.5 Å². The number of hydrogen-bond donors (Lipinski definition) is 1. The summed E-state index contributed by atoms with van der Waals surface area (Å²) in [4.78, 5) is 13.6. The fraction of sp³-hybridized carbons (Fsp3) is 0.562. The van der Waals surface area contributed by atoms with E-state index in [0.29, 0.717) is 23.7 Å². The maximum atomic E-state index is 12.0. The average molecular weight is 294 g/mol. The second-order valence-corrected chi connectivity index (χ2v) is 5.27. The third kappa shape index (κ3) is 4.36. The van der Waals surface area contributed by atoms with Crippen LogP contribution in [-0.4, -0.2) is 46.4 Å². The Morgan fingerprint density at radius 1 is 1.10 bits per heavy atom. The highest BCUT2D eigenvalue weighted by Crippen LogP contribution is 2.27. The second-order valence-electron chi connectivity index (χ2n) is 5.27. The summed E-state index contributed by atoms with van der Waals surface area (Å²) >= 11 is 0. The fourth-order valence-corrected chi connectivity index (χ4v) is 2.64. The first-order chi connectivity index (χ1) is 10.2. The number of rotatable bonds is 6. The summed E-state index contributed by atoms with van der Waals surface area (Å²) in [6.07, 6.45) is 3.88. The van der Waals surface area contributed by atoms with Crippen molar-refractivity contribution in [1.29, 1.82) is 0 Å². The van der Waals surface area contributed by atoms with Gasteiger partial charge in [-0.15, -0.1) is 0 Å². The summed E-state index contributed by atoms with van der Waals surface area (Å²) in [5.74, 6) is 0.827. The molecule has 0 amide bonds. The lowest BCUT2D eigenvalue weighted by Crippen LogP contribution is -3.13. The number of likely N-dealkylation sites (tertiary alicyclic amines) is 1. The minimum atomic E-state index is -0.313. The summed E-state index contributed by atoms with van der Waals surface area (Å²) < 4.78 is 15.7. The molecule has 0 radical (unpaired) electrons. The van der Waals surface area contributed by atoms with E-state index in [0.717, 1.165) is 6.54 Å². The monoisotopic (exact) mass is 294 g/mol. The van der Waals surface area contributed by atoms with Gasteiger partial charge in [0, 0.05) is 0 Å². The number of carbonyl (C=O) groups excluding carboxylic acids is 1. The molecule has 1 aliphatic heterocycles. The summed E-state index contributed by atoms with van der Waals surface area (Å²) in [5, 5.41) is 0. The van der Waals surface area contributed by atoms with Crippen LogP contribution in [0.25, 0.3) is 0 Å². The highest BCUT2D eigenvalue weighted by atomic mass is 16.5. The molecule has 5 heteroatoms. The number of benzene rings is 1. The average Bonchev–Trinajstić information content (AvgIpc) is 2.55. The van der Waals surface area contributed by atoms with Gasteiger partial charge in [-0.1, -0.05) is 0 Å². The lowest BCUT2D eigenvalue weighted by atomic mass is 10.1. The Labute approximate surface area is 125 Å². The van der Waals surface area contributed by atoms with E-state index < -0.39 is 0 Å². The van der Waals surface area contributed by atoms with E-state index in [2.05, 4.69) is 0 Å². The molecule has 0 bridgehead atoms. The van der Waals surface area contributed by atoms with Gasteiger partial charge in [0.1, 0.15) is 13.2 Å². The van der Waals surface area contributed by atoms with Gasteiger partial charge in [-0.25, -0.2) is 4.79 Å². The van der Waals surface area contributed by atoms with E-state index in [-0.39, 0.29) is 5.97 Å². The van der Waals surface area contributed by atoms with Gasteiger partial charge in [0.2, 0.25) is 0 Å². The lowest BCUT2D eigenvalue weighted by molar-refractivity contribution is -0.905. The summed E-state index contributed by atoms with van der Waals surface area (Å²) in [6, 6.07) is 5.05. The number of ether oxygens (including phenoxy) is 3. The Morgan fingerprint density at radius 2 is 1.81 bits per heavy atom. The zero-order valence-electron chi connectivity index (χ0n) is 12.8. The van der Waals surface area contributed by atoms with E-state index >= 15 is 0 Å². The van der Waals surface area contributed by atoms with E-state index in [1.54, 1.807) is 32.4 Å². The van der Waals surface area contributed by atoms with Gasteiger partial charge in [-0.05, 0) is 37.5 Å². The molecule has 21 heavy (non-hydrogen) atoms. The molecule has 1 fully saturated rings. The second kappa shape index (κ2) is 7.88. The standard InChI is InChI=1S/C16H23NO4/c1-19-14-7-6-13(12-15(14)20-2)16(18)21-11-10-17-8-4-3-5-9-17/h6-7,12H,3-5,8-11H2,1-2H3/p+1. The third-order valence-corrected chi connectivity index (χ3v) is 3.87. The summed E-state index contributed by atoms with van der Waals surface area (Å²) in [7, 11) is 3.12. The van der Waals surface area contributed by atoms with Crippen LogP contribution in [0.2, 0.25) is 0 Å². The van der Waals surface area contributed by atoms with Gasteiger partial charge in [-0.2, -0.15) is 0 Å². The fourth-order valence-electron chi connectivity index (χ4n) is 2.64. The number of hydrogen-bond acceptors (Lipinski definition) is 4. The molecule has 116 valence electrons. The normalized spacial score (nSPS) is 15.5. The topological polar surface area (TPSA) is 49.2 Å². The van der Waals surface area contributed by atoms with Gasteiger partial charge >= 0.3 is 5.97 Å². The molecule has 0 aliphatic carbocycles. The molecule has 2 rings (SSSR count). The number of quaternary nitrogens is 1. The molecule has 1 heterocycles. The highest BCUT2D eigenvalue weighted by Gasteiger charge is 2.15. The van der Waals surface area contributed by atoms with E-state index in [1.165, 1.54) is 37.3 Å². The number of nitrogens with one attached hydrogen (secondary N) is 1. The Kier molecular flexibility index (Phi) is 5.87. The Balaban J connectivity index is 1.85. The minimum Gasteiger partial charge on any atom is -0.493 e. The zero-order chi connectivity index (χ0) is 15.1. The summed E-state index contributed by atoms with van der Waals surface area (Å²) in [5.41, 5.74) is 0.487. The number of methoxy groups -OCH3 is 2. The maximum absolute atomic E-state index is 12.0. The molecule has 0 aromatic heterocycles. The van der Waals surface area contributed by atoms with Crippen LogP contribution in [0.5, 0.6) is 11.5 Å². The predicted molar refractivity (Wildman–Crippen MR) is 79.2 cm³/mol. The molecule has 1 aromatic rings. The molecule has 1 saturated heterocycles. The first-order valence-electron chi connectivity index (χ1n) is 7.47. The van der Waals surface area contributed by atoms with Crippen LogP contribution in [0.1, 0.15) is 29.6 Å². The van der Waals surface area contributed by atoms with Crippen molar-refractivity contribution in [2.24, 2.45) is 0 Å². The van der Waals surface area contributed by atoms with Crippen molar-refractivity contribution < 1.29 is 23.9 Å². The Morgan fingerprint density at radius 3 is 2.48 bits per heavy atom. The van der Waals surface area contributed by atoms with Crippen LogP contribution in [0, 0.1) is 0 Å². The molecule has 1 aliphatic rings. The molecule has 0 unspecified atom stereocenters. The molecule has 5 nitrogen and oxygen atoms in total. The van der Waals surface area contributed by atoms with Crippen LogP contribution >= 0.6 is 0 Å². The minimum absolute atomic E-state index is 0.313. The smallest absolute Gasteiger partial charge is 0.338 e. The molecular formula is C16H24NO4+. The number of piperidine rings is 1. The molecule has 1 N–H and O–H groups in total. The lowest BCUT2D eigenvalue weighted by Gasteiger charge is -2.23. The van der Waals surface area contributed by atoms with Crippen LogP contribution < -0.4 is 14.4 Å². The van der Waals surface area contributed by atoms with Crippen molar-refractivity contribution >= 4 is 5.97 Å². The number of esters is 1. The van der Waals surface area contributed by atoms with Crippen molar-refractivity contribution in [2.45, 2.75) is 19.3 Å². The Hall–Kier alpha value is -1.75. The molecular weight excluding hydrogens is 270 g/mol. The molecule has 0 atom stereocenters. The van der Waals surface area contributed by atoms with Crippen molar-refractivity contribution in [1.82, 2.24) is 0 Å². The van der Waals surface area contributed by atoms with Crippen molar-refractivity contribution in [3.63, 3.8) is 0 Å². The van der Waals surface area contributed by atoms with Gasteiger partial charge in [-0.3, -0.25) is 0 Å². The Bertz CT molecular complexity index is 469. The SMILES string of the molecule is COc1ccc(C(=O)OCC[NH+]2CCCCC2)cc1OC. The van der Waals surface area contributed by atoms with Crippen LogP contribution in [0.4, 0.5) is 0 Å².